The first kappa shape index (κ1) is 12.4. The van der Waals surface area contributed by atoms with Gasteiger partial charge in [-0.15, -0.1) is 0 Å². The van der Waals surface area contributed by atoms with E-state index in [4.69, 9.17) is 4.74 Å². The van der Waals surface area contributed by atoms with Crippen LogP contribution in [0.1, 0.15) is 46.9 Å². The molecular weight excluding hydrogens is 236 g/mol. The first-order chi connectivity index (χ1) is 8.22. The van der Waals surface area contributed by atoms with Gasteiger partial charge >= 0.3 is 5.97 Å². The summed E-state index contributed by atoms with van der Waals surface area (Å²) in [6.07, 6.45) is 3.94. The number of carbonyl (C=O) groups is 1. The molecule has 0 spiro atoms. The summed E-state index contributed by atoms with van der Waals surface area (Å²) >= 11 is 1.89. The van der Waals surface area contributed by atoms with Gasteiger partial charge in [0.05, 0.1) is 23.1 Å². The minimum Gasteiger partial charge on any atom is -0.462 e. The number of ether oxygens (including phenoxy) is 1. The summed E-state index contributed by atoms with van der Waals surface area (Å²) in [5.74, 6) is 1.68. The van der Waals surface area contributed by atoms with Crippen LogP contribution in [0.4, 0.5) is 0 Å². The molecule has 92 valence electrons. The van der Waals surface area contributed by atoms with Crippen LogP contribution >= 0.6 is 11.8 Å². The van der Waals surface area contributed by atoms with Crippen LogP contribution in [0.5, 0.6) is 0 Å². The minimum absolute atomic E-state index is 0.337. The molecule has 1 atom stereocenters. The quantitative estimate of drug-likeness (QED) is 0.774. The Morgan fingerprint density at radius 1 is 1.65 bits per heavy atom. The third-order valence-electron chi connectivity index (χ3n) is 2.71. The van der Waals surface area contributed by atoms with Crippen LogP contribution in [-0.2, 0) is 4.74 Å². The van der Waals surface area contributed by atoms with E-state index in [0.717, 1.165) is 12.2 Å². The molecule has 1 unspecified atom stereocenters. The summed E-state index contributed by atoms with van der Waals surface area (Å²) in [6.45, 7) is 3.99. The number of hydrogen-bond donors (Lipinski definition) is 0. The zero-order valence-electron chi connectivity index (χ0n) is 10.1. The normalized spacial score (nSPS) is 19.3. The monoisotopic (exact) mass is 252 g/mol. The molecule has 0 amide bonds. The van der Waals surface area contributed by atoms with Crippen molar-refractivity contribution in [1.82, 2.24) is 9.97 Å². The van der Waals surface area contributed by atoms with Crippen molar-refractivity contribution in [2.75, 3.05) is 12.4 Å². The second-order valence-corrected chi connectivity index (χ2v) is 5.26. The molecule has 17 heavy (non-hydrogen) atoms. The maximum absolute atomic E-state index is 11.6. The van der Waals surface area contributed by atoms with Crippen molar-refractivity contribution in [3.8, 4) is 0 Å². The van der Waals surface area contributed by atoms with Gasteiger partial charge in [-0.05, 0) is 32.4 Å². The van der Waals surface area contributed by atoms with Crippen molar-refractivity contribution in [2.24, 2.45) is 0 Å². The average Bonchev–Trinajstić information content (AvgIpc) is 2.82. The molecule has 1 aromatic heterocycles. The molecule has 1 fully saturated rings. The molecule has 1 aliphatic rings. The lowest BCUT2D eigenvalue weighted by atomic mass is 10.2. The Kier molecular flexibility index (Phi) is 3.99. The van der Waals surface area contributed by atoms with Crippen LogP contribution < -0.4 is 0 Å². The van der Waals surface area contributed by atoms with Crippen molar-refractivity contribution in [2.45, 2.75) is 31.9 Å². The topological polar surface area (TPSA) is 52.1 Å². The molecule has 4 nitrogen and oxygen atoms in total. The Balaban J connectivity index is 2.19. The lowest BCUT2D eigenvalue weighted by molar-refractivity contribution is 0.0524. The van der Waals surface area contributed by atoms with Crippen molar-refractivity contribution in [1.29, 1.82) is 0 Å². The van der Waals surface area contributed by atoms with Crippen LogP contribution in [0.25, 0.3) is 0 Å². The van der Waals surface area contributed by atoms with E-state index in [9.17, 15) is 4.79 Å². The van der Waals surface area contributed by atoms with E-state index in [1.54, 1.807) is 13.1 Å². The van der Waals surface area contributed by atoms with Gasteiger partial charge in [0, 0.05) is 6.20 Å². The molecule has 1 aliphatic heterocycles. The van der Waals surface area contributed by atoms with Crippen molar-refractivity contribution >= 4 is 17.7 Å². The first-order valence-corrected chi connectivity index (χ1v) is 6.89. The standard InChI is InChI=1S/C12H16N2O2S/c1-3-16-12(15)9-7-13-11(14-8(9)2)10-5-4-6-17-10/h7,10H,3-6H2,1-2H3. The van der Waals surface area contributed by atoms with E-state index in [0.29, 0.717) is 23.1 Å². The zero-order chi connectivity index (χ0) is 12.3. The van der Waals surface area contributed by atoms with E-state index in [1.807, 2.05) is 18.7 Å². The molecule has 0 saturated carbocycles. The van der Waals surface area contributed by atoms with Crippen LogP contribution in [-0.4, -0.2) is 28.3 Å². The molecule has 1 aromatic rings. The molecule has 0 bridgehead atoms. The predicted molar refractivity (Wildman–Crippen MR) is 67.2 cm³/mol. The average molecular weight is 252 g/mol. The highest BCUT2D eigenvalue weighted by atomic mass is 32.2. The van der Waals surface area contributed by atoms with Gasteiger partial charge < -0.3 is 4.74 Å². The van der Waals surface area contributed by atoms with Crippen LogP contribution in [0, 0.1) is 6.92 Å². The Labute approximate surface area is 105 Å². The number of rotatable bonds is 3. The first-order valence-electron chi connectivity index (χ1n) is 5.84. The molecule has 0 radical (unpaired) electrons. The van der Waals surface area contributed by atoms with Crippen LogP contribution in [0.2, 0.25) is 0 Å². The van der Waals surface area contributed by atoms with Crippen LogP contribution in [0.15, 0.2) is 6.20 Å². The minimum atomic E-state index is -0.337. The van der Waals surface area contributed by atoms with Crippen LogP contribution in [0.3, 0.4) is 0 Å². The molecular formula is C12H16N2O2S. The van der Waals surface area contributed by atoms with Crippen molar-refractivity contribution < 1.29 is 9.53 Å². The fourth-order valence-corrected chi connectivity index (χ4v) is 3.04. The Morgan fingerprint density at radius 3 is 3.06 bits per heavy atom. The van der Waals surface area contributed by atoms with Gasteiger partial charge in [0.15, 0.2) is 0 Å². The summed E-state index contributed by atoms with van der Waals surface area (Å²) in [4.78, 5) is 20.3. The maximum atomic E-state index is 11.6. The van der Waals surface area contributed by atoms with Gasteiger partial charge in [0.1, 0.15) is 5.82 Å². The Bertz CT molecular complexity index is 417. The number of esters is 1. The molecule has 2 rings (SSSR count). The van der Waals surface area contributed by atoms with E-state index in [-0.39, 0.29) is 5.97 Å². The maximum Gasteiger partial charge on any atom is 0.341 e. The lowest BCUT2D eigenvalue weighted by Gasteiger charge is -2.09. The third-order valence-corrected chi connectivity index (χ3v) is 4.08. The van der Waals surface area contributed by atoms with Crippen molar-refractivity contribution in [3.05, 3.63) is 23.3 Å². The zero-order valence-corrected chi connectivity index (χ0v) is 10.9. The molecule has 0 aromatic carbocycles. The van der Waals surface area contributed by atoms with Gasteiger partial charge in [0.2, 0.25) is 0 Å². The summed E-state index contributed by atoms with van der Waals surface area (Å²) in [5.41, 5.74) is 1.18. The number of aromatic nitrogens is 2. The second-order valence-electron chi connectivity index (χ2n) is 3.95. The third kappa shape index (κ3) is 2.77. The molecule has 0 N–H and O–H groups in total. The predicted octanol–water partition coefficient (Wildman–Crippen LogP) is 2.53. The highest BCUT2D eigenvalue weighted by Crippen LogP contribution is 2.38. The van der Waals surface area contributed by atoms with Gasteiger partial charge in [-0.2, -0.15) is 11.8 Å². The summed E-state index contributed by atoms with van der Waals surface area (Å²) in [7, 11) is 0. The summed E-state index contributed by atoms with van der Waals surface area (Å²) in [5, 5.41) is 0.393. The lowest BCUT2D eigenvalue weighted by Crippen LogP contribution is -2.11. The largest absolute Gasteiger partial charge is 0.462 e. The second kappa shape index (κ2) is 5.49. The van der Waals surface area contributed by atoms with E-state index in [2.05, 4.69) is 9.97 Å². The van der Waals surface area contributed by atoms with E-state index < -0.39 is 0 Å². The smallest absolute Gasteiger partial charge is 0.341 e. The van der Waals surface area contributed by atoms with Crippen molar-refractivity contribution in [3.63, 3.8) is 0 Å². The van der Waals surface area contributed by atoms with Gasteiger partial charge in [-0.3, -0.25) is 0 Å². The SMILES string of the molecule is CCOC(=O)c1cnc(C2CCCS2)nc1C. The number of hydrogen-bond acceptors (Lipinski definition) is 5. The fraction of sp³-hybridized carbons (Fsp3) is 0.583. The molecule has 5 heteroatoms. The fourth-order valence-electron chi connectivity index (χ4n) is 1.83. The van der Waals surface area contributed by atoms with Gasteiger partial charge in [-0.25, -0.2) is 14.8 Å². The molecule has 1 saturated heterocycles. The van der Waals surface area contributed by atoms with E-state index in [1.165, 1.54) is 12.2 Å². The molecule has 2 heterocycles. The highest BCUT2D eigenvalue weighted by Gasteiger charge is 2.22. The summed E-state index contributed by atoms with van der Waals surface area (Å²) in [6, 6.07) is 0. The number of aryl methyl sites for hydroxylation is 1. The summed E-state index contributed by atoms with van der Waals surface area (Å²) < 4.78 is 4.95. The Morgan fingerprint density at radius 2 is 2.47 bits per heavy atom. The number of carbonyl (C=O) groups excluding carboxylic acids is 1. The number of nitrogens with zero attached hydrogens (tertiary/aromatic N) is 2. The van der Waals surface area contributed by atoms with Gasteiger partial charge in [0.25, 0.3) is 0 Å². The molecule has 0 aliphatic carbocycles. The van der Waals surface area contributed by atoms with E-state index >= 15 is 0 Å². The van der Waals surface area contributed by atoms with Gasteiger partial charge in [-0.1, -0.05) is 0 Å². The Hall–Kier alpha value is -1.10. The number of thioether (sulfide) groups is 1. The highest BCUT2D eigenvalue weighted by molar-refractivity contribution is 7.99.